The van der Waals surface area contributed by atoms with E-state index in [9.17, 15) is 14.4 Å². The van der Waals surface area contributed by atoms with E-state index in [0.29, 0.717) is 12.2 Å². The van der Waals surface area contributed by atoms with Gasteiger partial charge in [0.1, 0.15) is 0 Å². The van der Waals surface area contributed by atoms with E-state index in [-0.39, 0.29) is 6.47 Å². The topological polar surface area (TPSA) is 80.7 Å². The predicted molar refractivity (Wildman–Crippen MR) is 28.9 cm³/mol. The lowest BCUT2D eigenvalue weighted by Gasteiger charge is -1.83. The predicted octanol–water partition coefficient (Wildman–Crippen LogP) is -0.673. The van der Waals surface area contributed by atoms with E-state index in [0.717, 1.165) is 0 Å². The molecule has 0 atom stereocenters. The lowest BCUT2D eigenvalue weighted by Crippen LogP contribution is -1.99. The molecule has 0 rings (SSSR count). The van der Waals surface area contributed by atoms with Crippen LogP contribution in [-0.4, -0.2) is 23.5 Å². The highest BCUT2D eigenvalue weighted by molar-refractivity contribution is 5.92. The van der Waals surface area contributed by atoms with Gasteiger partial charge in [-0.2, -0.15) is 0 Å². The molecule has 0 fully saturated rings. The molecule has 0 aromatic carbocycles. The van der Waals surface area contributed by atoms with Crippen LogP contribution >= 0.6 is 0 Å². The Morgan fingerprint density at radius 1 is 1.30 bits per heavy atom. The third kappa shape index (κ3) is 4.51. The Labute approximate surface area is 55.9 Å². The molecule has 10 heavy (non-hydrogen) atoms. The van der Waals surface area contributed by atoms with Crippen molar-refractivity contribution in [3.8, 4) is 0 Å². The van der Waals surface area contributed by atoms with Crippen LogP contribution in [0, 0.1) is 0 Å². The summed E-state index contributed by atoms with van der Waals surface area (Å²) in [6.45, 7) is -0.0749. The number of rotatable bonds is 3. The molecule has 0 heterocycles. The van der Waals surface area contributed by atoms with Crippen molar-refractivity contribution >= 4 is 18.4 Å². The fourth-order valence-electron chi connectivity index (χ4n) is 0.226. The first-order valence-corrected chi connectivity index (χ1v) is 2.22. The monoisotopic (exact) mass is 144 g/mol. The minimum absolute atomic E-state index is 0.0749. The Hall–Kier alpha value is -1.65. The molecule has 0 amide bonds. The van der Waals surface area contributed by atoms with Gasteiger partial charge < -0.3 is 9.84 Å². The molecule has 0 saturated heterocycles. The second-order valence-corrected chi connectivity index (χ2v) is 1.20. The van der Waals surface area contributed by atoms with Crippen LogP contribution in [0.2, 0.25) is 0 Å². The number of aliphatic carboxylic acids is 1. The summed E-state index contributed by atoms with van der Waals surface area (Å²) in [6.07, 6.45) is 1.21. The van der Waals surface area contributed by atoms with Crippen molar-refractivity contribution in [1.29, 1.82) is 0 Å². The van der Waals surface area contributed by atoms with E-state index in [2.05, 4.69) is 4.74 Å². The number of hydrogen-bond donors (Lipinski definition) is 1. The van der Waals surface area contributed by atoms with Crippen LogP contribution in [0.25, 0.3) is 0 Å². The Kier molecular flexibility index (Phi) is 3.55. The zero-order valence-corrected chi connectivity index (χ0v) is 4.81. The van der Waals surface area contributed by atoms with Crippen molar-refractivity contribution in [3.63, 3.8) is 0 Å². The van der Waals surface area contributed by atoms with Crippen LogP contribution < -0.4 is 0 Å². The Bertz CT molecular complexity index is 180. The van der Waals surface area contributed by atoms with Crippen molar-refractivity contribution in [2.45, 2.75) is 0 Å². The smallest absolute Gasteiger partial charge is 0.338 e. The molecule has 0 saturated carbocycles. The summed E-state index contributed by atoms with van der Waals surface area (Å²) in [6, 6.07) is 0. The minimum atomic E-state index is -1.28. The zero-order chi connectivity index (χ0) is 7.98. The van der Waals surface area contributed by atoms with Gasteiger partial charge in [0.15, 0.2) is 0 Å². The second kappa shape index (κ2) is 4.25. The summed E-state index contributed by atoms with van der Waals surface area (Å²) in [7, 11) is 0. The average molecular weight is 144 g/mol. The van der Waals surface area contributed by atoms with Crippen LogP contribution in [0.3, 0.4) is 0 Å². The molecule has 0 aromatic rings. The normalized spacial score (nSPS) is 9.20. The minimum Gasteiger partial charge on any atom is -0.478 e. The number of ether oxygens (including phenoxy) is 1. The Morgan fingerprint density at radius 2 is 1.90 bits per heavy atom. The third-order valence-electron chi connectivity index (χ3n) is 0.526. The van der Waals surface area contributed by atoms with Crippen molar-refractivity contribution < 1.29 is 24.2 Å². The molecule has 0 aliphatic rings. The first-order valence-electron chi connectivity index (χ1n) is 2.22. The molecule has 0 aliphatic carbocycles. The van der Waals surface area contributed by atoms with Gasteiger partial charge in [-0.1, -0.05) is 0 Å². The maximum atomic E-state index is 10.1. The quantitative estimate of drug-likeness (QED) is 0.246. The SMILES string of the molecule is O=COC(=O)C=CC(=O)O. The summed E-state index contributed by atoms with van der Waals surface area (Å²) in [5.41, 5.74) is 0. The zero-order valence-electron chi connectivity index (χ0n) is 4.81. The molecule has 0 unspecified atom stereocenters. The molecule has 0 aliphatic heterocycles. The van der Waals surface area contributed by atoms with E-state index < -0.39 is 11.9 Å². The molecule has 0 spiro atoms. The molecule has 5 heteroatoms. The van der Waals surface area contributed by atoms with Gasteiger partial charge in [0.25, 0.3) is 0 Å². The van der Waals surface area contributed by atoms with Crippen LogP contribution in [0.1, 0.15) is 0 Å². The van der Waals surface area contributed by atoms with Crippen LogP contribution in [0.15, 0.2) is 12.2 Å². The first-order chi connectivity index (χ1) is 4.66. The van der Waals surface area contributed by atoms with Crippen molar-refractivity contribution in [2.75, 3.05) is 0 Å². The van der Waals surface area contributed by atoms with Gasteiger partial charge in [-0.05, 0) is 0 Å². The standard InChI is InChI=1S/C5H4O5/c6-3-10-5(9)2-1-4(7)8/h1-3H,(H,7,8). The van der Waals surface area contributed by atoms with Crippen LogP contribution in [-0.2, 0) is 19.1 Å². The Morgan fingerprint density at radius 3 is 2.30 bits per heavy atom. The largest absolute Gasteiger partial charge is 0.478 e. The van der Waals surface area contributed by atoms with Crippen molar-refractivity contribution in [3.05, 3.63) is 12.2 Å². The van der Waals surface area contributed by atoms with Gasteiger partial charge in [0.2, 0.25) is 0 Å². The number of carbonyl (C=O) groups is 3. The second-order valence-electron chi connectivity index (χ2n) is 1.20. The van der Waals surface area contributed by atoms with Gasteiger partial charge in [0, 0.05) is 12.2 Å². The number of carbonyl (C=O) groups excluding carboxylic acids is 2. The first kappa shape index (κ1) is 8.35. The maximum absolute atomic E-state index is 10.1. The summed E-state index contributed by atoms with van der Waals surface area (Å²) < 4.78 is 3.72. The lowest BCUT2D eigenvalue weighted by atomic mass is 10.5. The summed E-state index contributed by atoms with van der Waals surface area (Å²) in [5.74, 6) is -2.28. The summed E-state index contributed by atoms with van der Waals surface area (Å²) >= 11 is 0. The summed E-state index contributed by atoms with van der Waals surface area (Å²) in [4.78, 5) is 29.3. The molecule has 1 N–H and O–H groups in total. The number of esters is 1. The van der Waals surface area contributed by atoms with Gasteiger partial charge in [0.05, 0.1) is 0 Å². The van der Waals surface area contributed by atoms with E-state index in [1.54, 1.807) is 0 Å². The fourth-order valence-corrected chi connectivity index (χ4v) is 0.226. The molecule has 0 bridgehead atoms. The third-order valence-corrected chi connectivity index (χ3v) is 0.526. The van der Waals surface area contributed by atoms with Crippen molar-refractivity contribution in [2.24, 2.45) is 0 Å². The van der Waals surface area contributed by atoms with Gasteiger partial charge in [-0.3, -0.25) is 4.79 Å². The number of carboxylic acids is 1. The molecule has 0 radical (unpaired) electrons. The highest BCUT2D eigenvalue weighted by Crippen LogP contribution is 1.77. The number of carboxylic acid groups (broad SMARTS) is 1. The number of hydrogen-bond acceptors (Lipinski definition) is 4. The van der Waals surface area contributed by atoms with E-state index in [4.69, 9.17) is 5.11 Å². The van der Waals surface area contributed by atoms with E-state index in [1.807, 2.05) is 0 Å². The van der Waals surface area contributed by atoms with E-state index >= 15 is 0 Å². The molecular weight excluding hydrogens is 140 g/mol. The Balaban J connectivity index is 3.77. The maximum Gasteiger partial charge on any atom is 0.338 e. The average Bonchev–Trinajstić information content (AvgIpc) is 1.85. The van der Waals surface area contributed by atoms with Gasteiger partial charge in [-0.25, -0.2) is 9.59 Å². The molecule has 54 valence electrons. The molecule has 0 aromatic heterocycles. The highest BCUT2D eigenvalue weighted by Gasteiger charge is 1.94. The highest BCUT2D eigenvalue weighted by atomic mass is 16.6. The molecular formula is C5H4O5. The summed E-state index contributed by atoms with van der Waals surface area (Å²) in [5, 5.41) is 7.95. The van der Waals surface area contributed by atoms with Gasteiger partial charge in [-0.15, -0.1) is 0 Å². The fraction of sp³-hybridized carbons (Fsp3) is 0. The van der Waals surface area contributed by atoms with Crippen molar-refractivity contribution in [1.82, 2.24) is 0 Å². The molecule has 5 nitrogen and oxygen atoms in total. The van der Waals surface area contributed by atoms with Crippen LogP contribution in [0.5, 0.6) is 0 Å². The van der Waals surface area contributed by atoms with E-state index in [1.165, 1.54) is 0 Å². The lowest BCUT2D eigenvalue weighted by molar-refractivity contribution is -0.147. The van der Waals surface area contributed by atoms with Gasteiger partial charge >= 0.3 is 18.4 Å². The van der Waals surface area contributed by atoms with Crippen LogP contribution in [0.4, 0.5) is 0 Å².